The van der Waals surface area contributed by atoms with E-state index in [-0.39, 0.29) is 5.97 Å². The largest absolute Gasteiger partial charge is 0.493 e. The monoisotopic (exact) mass is 265 g/mol. The summed E-state index contributed by atoms with van der Waals surface area (Å²) in [6.07, 6.45) is 1.02. The maximum Gasteiger partial charge on any atom is 0.305 e. The average Bonchev–Trinajstić information content (AvgIpc) is 2.37. The van der Waals surface area contributed by atoms with Gasteiger partial charge in [-0.25, -0.2) is 0 Å². The number of esters is 1. The van der Waals surface area contributed by atoms with Crippen LogP contribution in [0.15, 0.2) is 12.1 Å². The summed E-state index contributed by atoms with van der Waals surface area (Å²) < 4.78 is 10.4. The van der Waals surface area contributed by atoms with Gasteiger partial charge in [0, 0.05) is 12.1 Å². The van der Waals surface area contributed by atoms with E-state index in [4.69, 9.17) is 10.5 Å². The lowest BCUT2D eigenvalue weighted by molar-refractivity contribution is -0.140. The Bertz CT molecular complexity index is 441. The van der Waals surface area contributed by atoms with Crippen molar-refractivity contribution in [1.82, 2.24) is 0 Å². The third-order valence-electron chi connectivity index (χ3n) is 3.03. The summed E-state index contributed by atoms with van der Waals surface area (Å²) >= 11 is 0. The maximum atomic E-state index is 11.0. The molecule has 0 atom stereocenters. The van der Waals surface area contributed by atoms with Crippen molar-refractivity contribution in [3.05, 3.63) is 23.3 Å². The molecule has 0 spiro atoms. The van der Waals surface area contributed by atoms with Gasteiger partial charge in [0.25, 0.3) is 0 Å². The second-order valence-electron chi connectivity index (χ2n) is 4.93. The zero-order chi connectivity index (χ0) is 14.4. The lowest BCUT2D eigenvalue weighted by Gasteiger charge is -2.16. The van der Waals surface area contributed by atoms with E-state index in [1.165, 1.54) is 7.11 Å². The predicted molar refractivity (Wildman–Crippen MR) is 76.4 cm³/mol. The van der Waals surface area contributed by atoms with E-state index in [1.807, 2.05) is 19.1 Å². The fraction of sp³-hybridized carbons (Fsp3) is 0.533. The van der Waals surface area contributed by atoms with Crippen LogP contribution in [0, 0.1) is 6.92 Å². The van der Waals surface area contributed by atoms with Gasteiger partial charge in [0.1, 0.15) is 5.75 Å². The van der Waals surface area contributed by atoms with E-state index in [1.54, 1.807) is 0 Å². The van der Waals surface area contributed by atoms with Crippen LogP contribution in [0.3, 0.4) is 0 Å². The number of hydrogen-bond donors (Lipinski definition) is 1. The number of benzene rings is 1. The Labute approximate surface area is 114 Å². The lowest BCUT2D eigenvalue weighted by Crippen LogP contribution is -2.06. The first-order chi connectivity index (χ1) is 8.95. The van der Waals surface area contributed by atoms with E-state index in [0.29, 0.717) is 25.4 Å². The van der Waals surface area contributed by atoms with Crippen molar-refractivity contribution in [1.29, 1.82) is 0 Å². The Morgan fingerprint density at radius 2 is 2.05 bits per heavy atom. The van der Waals surface area contributed by atoms with Crippen molar-refractivity contribution in [2.75, 3.05) is 19.5 Å². The van der Waals surface area contributed by atoms with Gasteiger partial charge < -0.3 is 15.2 Å². The van der Waals surface area contributed by atoms with E-state index >= 15 is 0 Å². The zero-order valence-electron chi connectivity index (χ0n) is 12.2. The van der Waals surface area contributed by atoms with Crippen molar-refractivity contribution in [3.63, 3.8) is 0 Å². The Kier molecular flexibility index (Phi) is 5.67. The Morgan fingerprint density at radius 1 is 1.37 bits per heavy atom. The molecule has 4 nitrogen and oxygen atoms in total. The first-order valence-corrected chi connectivity index (χ1v) is 6.55. The minimum atomic E-state index is -0.207. The summed E-state index contributed by atoms with van der Waals surface area (Å²) in [7, 11) is 1.39. The minimum absolute atomic E-state index is 0.207. The number of carbonyl (C=O) groups is 1. The molecule has 1 rings (SSSR count). The Balaban J connectivity index is 2.66. The summed E-state index contributed by atoms with van der Waals surface area (Å²) in [6.45, 7) is 6.66. The van der Waals surface area contributed by atoms with E-state index in [9.17, 15) is 4.79 Å². The Morgan fingerprint density at radius 3 is 2.63 bits per heavy atom. The predicted octanol–water partition coefficient (Wildman–Crippen LogP) is 3.03. The van der Waals surface area contributed by atoms with Gasteiger partial charge in [-0.2, -0.15) is 0 Å². The molecule has 1 aromatic carbocycles. The van der Waals surface area contributed by atoms with Crippen LogP contribution in [0.1, 0.15) is 43.7 Å². The van der Waals surface area contributed by atoms with Gasteiger partial charge >= 0.3 is 5.97 Å². The molecule has 0 aliphatic carbocycles. The van der Waals surface area contributed by atoms with Crippen LogP contribution < -0.4 is 10.5 Å². The molecule has 0 amide bonds. The van der Waals surface area contributed by atoms with E-state index in [2.05, 4.69) is 18.6 Å². The topological polar surface area (TPSA) is 61.5 Å². The summed E-state index contributed by atoms with van der Waals surface area (Å²) in [5.41, 5.74) is 8.81. The van der Waals surface area contributed by atoms with Crippen LogP contribution >= 0.6 is 0 Å². The quantitative estimate of drug-likeness (QED) is 0.488. The number of nitrogen functional groups attached to an aromatic ring is 1. The number of anilines is 1. The molecule has 0 unspecified atom stereocenters. The van der Waals surface area contributed by atoms with Gasteiger partial charge in [0.15, 0.2) is 0 Å². The molecule has 0 aliphatic rings. The molecule has 0 heterocycles. The highest BCUT2D eigenvalue weighted by molar-refractivity contribution is 5.69. The normalized spacial score (nSPS) is 10.6. The maximum absolute atomic E-state index is 11.0. The molecule has 0 aromatic heterocycles. The summed E-state index contributed by atoms with van der Waals surface area (Å²) in [5.74, 6) is 0.992. The first kappa shape index (κ1) is 15.3. The molecule has 2 N–H and O–H groups in total. The van der Waals surface area contributed by atoms with Crippen LogP contribution in [0.25, 0.3) is 0 Å². The van der Waals surface area contributed by atoms with Gasteiger partial charge in [-0.3, -0.25) is 4.79 Å². The molecule has 4 heteroatoms. The Hall–Kier alpha value is -1.71. The number of methoxy groups -OCH3 is 1. The third-order valence-corrected chi connectivity index (χ3v) is 3.03. The second kappa shape index (κ2) is 7.02. The molecule has 0 saturated carbocycles. The van der Waals surface area contributed by atoms with Crippen LogP contribution in [-0.2, 0) is 9.53 Å². The number of nitrogens with two attached hydrogens (primary N) is 1. The van der Waals surface area contributed by atoms with E-state index in [0.717, 1.165) is 22.6 Å². The molecule has 106 valence electrons. The minimum Gasteiger partial charge on any atom is -0.493 e. The van der Waals surface area contributed by atoms with Gasteiger partial charge in [0.05, 0.1) is 13.7 Å². The molecule has 0 bridgehead atoms. The number of hydrogen-bond acceptors (Lipinski definition) is 4. The molecule has 1 aromatic rings. The van der Waals surface area contributed by atoms with Crippen molar-refractivity contribution in [2.45, 2.75) is 39.5 Å². The fourth-order valence-electron chi connectivity index (χ4n) is 1.79. The molecule has 0 saturated heterocycles. The molecule has 0 fully saturated rings. The van der Waals surface area contributed by atoms with Gasteiger partial charge in [-0.1, -0.05) is 13.8 Å². The smallest absolute Gasteiger partial charge is 0.305 e. The van der Waals surface area contributed by atoms with Crippen LogP contribution in [0.5, 0.6) is 5.75 Å². The third kappa shape index (κ3) is 4.47. The first-order valence-electron chi connectivity index (χ1n) is 6.55. The van der Waals surface area contributed by atoms with Crippen molar-refractivity contribution in [2.24, 2.45) is 0 Å². The highest BCUT2D eigenvalue weighted by atomic mass is 16.5. The summed E-state index contributed by atoms with van der Waals surface area (Å²) in [6, 6.07) is 3.93. The standard InChI is InChI=1S/C15H23NO3/c1-10(2)12-9-13(16)11(3)8-14(12)19-7-5-6-15(17)18-4/h8-10H,5-7,16H2,1-4H3. The van der Waals surface area contributed by atoms with Gasteiger partial charge in [-0.15, -0.1) is 0 Å². The highest BCUT2D eigenvalue weighted by Crippen LogP contribution is 2.31. The highest BCUT2D eigenvalue weighted by Gasteiger charge is 2.11. The number of rotatable bonds is 6. The fourth-order valence-corrected chi connectivity index (χ4v) is 1.79. The van der Waals surface area contributed by atoms with Crippen LogP contribution in [-0.4, -0.2) is 19.7 Å². The molecule has 0 radical (unpaired) electrons. The molecule has 19 heavy (non-hydrogen) atoms. The summed E-state index contributed by atoms with van der Waals surface area (Å²) in [4.78, 5) is 11.0. The summed E-state index contributed by atoms with van der Waals surface area (Å²) in [5, 5.41) is 0. The van der Waals surface area contributed by atoms with Gasteiger partial charge in [-0.05, 0) is 42.5 Å². The van der Waals surface area contributed by atoms with Gasteiger partial charge in [0.2, 0.25) is 0 Å². The SMILES string of the molecule is COC(=O)CCCOc1cc(C)c(N)cc1C(C)C. The second-order valence-corrected chi connectivity index (χ2v) is 4.93. The number of carbonyl (C=O) groups excluding carboxylic acids is 1. The number of ether oxygens (including phenoxy) is 2. The molecular formula is C15H23NO3. The molecule has 0 aliphatic heterocycles. The lowest BCUT2D eigenvalue weighted by atomic mass is 9.99. The van der Waals surface area contributed by atoms with Crippen molar-refractivity contribution >= 4 is 11.7 Å². The van der Waals surface area contributed by atoms with Crippen molar-refractivity contribution in [3.8, 4) is 5.75 Å². The van der Waals surface area contributed by atoms with Crippen molar-refractivity contribution < 1.29 is 14.3 Å². The zero-order valence-corrected chi connectivity index (χ0v) is 12.2. The number of aryl methyl sites for hydroxylation is 1. The van der Waals surface area contributed by atoms with Crippen LogP contribution in [0.4, 0.5) is 5.69 Å². The average molecular weight is 265 g/mol. The van der Waals surface area contributed by atoms with Crippen LogP contribution in [0.2, 0.25) is 0 Å². The van der Waals surface area contributed by atoms with E-state index < -0.39 is 0 Å². The molecular weight excluding hydrogens is 242 g/mol.